The van der Waals surface area contributed by atoms with Gasteiger partial charge >= 0.3 is 0 Å². The number of carbonyl (C=O) groups excluding carboxylic acids is 1. The van der Waals surface area contributed by atoms with Crippen LogP contribution < -0.4 is 5.32 Å². The number of nitrogens with zero attached hydrogens (tertiary/aromatic N) is 2. The summed E-state index contributed by atoms with van der Waals surface area (Å²) in [6, 6.07) is 5.85. The summed E-state index contributed by atoms with van der Waals surface area (Å²) < 4.78 is 0.903. The number of carbonyl (C=O) groups is 1. The molecule has 1 amide bonds. The number of amides is 1. The lowest BCUT2D eigenvalue weighted by Crippen LogP contribution is -2.35. The first-order valence-corrected chi connectivity index (χ1v) is 7.72. The maximum Gasteiger partial charge on any atom is 0.246 e. The van der Waals surface area contributed by atoms with Gasteiger partial charge in [-0.1, -0.05) is 25.7 Å². The molecule has 0 saturated heterocycles. The maximum absolute atomic E-state index is 12.5. The van der Waals surface area contributed by atoms with Crippen LogP contribution in [0.15, 0.2) is 16.6 Å². The smallest absolute Gasteiger partial charge is 0.246 e. The fourth-order valence-electron chi connectivity index (χ4n) is 2.57. The minimum absolute atomic E-state index is 0.212. The van der Waals surface area contributed by atoms with E-state index in [1.165, 1.54) is 0 Å². The third-order valence-electron chi connectivity index (χ3n) is 3.87. The van der Waals surface area contributed by atoms with Gasteiger partial charge < -0.3 is 5.32 Å². The average Bonchev–Trinajstić information content (AvgIpc) is 2.69. The number of nitrogens with one attached hydrogen (secondary N) is 1. The maximum atomic E-state index is 12.5. The first-order valence-electron chi connectivity index (χ1n) is 6.93. The predicted octanol–water partition coefficient (Wildman–Crippen LogP) is 3.96. The van der Waals surface area contributed by atoms with Crippen LogP contribution in [0, 0.1) is 23.7 Å². The number of aryl methyl sites for hydroxylation is 1. The molecule has 1 saturated carbocycles. The van der Waals surface area contributed by atoms with Crippen molar-refractivity contribution in [2.75, 3.05) is 5.32 Å². The van der Waals surface area contributed by atoms with Crippen LogP contribution in [0.3, 0.4) is 0 Å². The molecule has 4 nitrogen and oxygen atoms in total. The summed E-state index contributed by atoms with van der Waals surface area (Å²) in [5.74, 6) is 0.297. The highest BCUT2D eigenvalue weighted by Crippen LogP contribution is 2.35. The van der Waals surface area contributed by atoms with Crippen molar-refractivity contribution in [1.29, 1.82) is 5.26 Å². The minimum Gasteiger partial charge on any atom is -0.309 e. The van der Waals surface area contributed by atoms with Gasteiger partial charge in [-0.2, -0.15) is 5.26 Å². The van der Waals surface area contributed by atoms with Gasteiger partial charge in [0, 0.05) is 4.47 Å². The van der Waals surface area contributed by atoms with E-state index in [-0.39, 0.29) is 5.91 Å². The molecule has 1 aromatic heterocycles. The number of hydrogen-bond acceptors (Lipinski definition) is 3. The van der Waals surface area contributed by atoms with Crippen molar-refractivity contribution >= 4 is 27.7 Å². The summed E-state index contributed by atoms with van der Waals surface area (Å²) >= 11 is 3.38. The van der Waals surface area contributed by atoms with Crippen molar-refractivity contribution in [3.63, 3.8) is 0 Å². The van der Waals surface area contributed by atoms with E-state index in [2.05, 4.69) is 32.3 Å². The molecule has 20 heavy (non-hydrogen) atoms. The van der Waals surface area contributed by atoms with Crippen molar-refractivity contribution in [3.05, 3.63) is 22.3 Å². The molecule has 1 fully saturated rings. The molecule has 0 aromatic carbocycles. The third-order valence-corrected chi connectivity index (χ3v) is 4.71. The Balaban J connectivity index is 2.16. The van der Waals surface area contributed by atoms with Gasteiger partial charge in [-0.25, -0.2) is 4.98 Å². The molecule has 0 spiro atoms. The lowest BCUT2D eigenvalue weighted by Gasteiger charge is -2.23. The fourth-order valence-corrected chi connectivity index (χ4v) is 2.79. The zero-order valence-corrected chi connectivity index (χ0v) is 13.2. The van der Waals surface area contributed by atoms with Gasteiger partial charge in [0.2, 0.25) is 5.91 Å². The second kappa shape index (κ2) is 6.36. The molecule has 106 valence electrons. The van der Waals surface area contributed by atoms with Gasteiger partial charge in [0.05, 0.1) is 11.8 Å². The average molecular weight is 336 g/mol. The van der Waals surface area contributed by atoms with E-state index in [4.69, 9.17) is 0 Å². The van der Waals surface area contributed by atoms with E-state index in [0.29, 0.717) is 18.7 Å². The first-order chi connectivity index (χ1) is 9.57. The van der Waals surface area contributed by atoms with Crippen LogP contribution in [0.1, 0.15) is 44.2 Å². The SMILES string of the molecule is Cc1nc(NC(=O)C2(C#N)CCCCCC2)ccc1Br. The molecule has 1 aromatic rings. The van der Waals surface area contributed by atoms with Gasteiger partial charge in [0.25, 0.3) is 0 Å². The van der Waals surface area contributed by atoms with Crippen LogP contribution in [0.25, 0.3) is 0 Å². The summed E-state index contributed by atoms with van der Waals surface area (Å²) in [5, 5.41) is 12.3. The summed E-state index contributed by atoms with van der Waals surface area (Å²) in [4.78, 5) is 16.8. The number of rotatable bonds is 2. The minimum atomic E-state index is -0.890. The zero-order valence-electron chi connectivity index (χ0n) is 11.6. The van der Waals surface area contributed by atoms with Crippen molar-refractivity contribution < 1.29 is 4.79 Å². The van der Waals surface area contributed by atoms with Crippen LogP contribution in [-0.4, -0.2) is 10.9 Å². The third kappa shape index (κ3) is 3.18. The number of halogens is 1. The molecular formula is C15H18BrN3O. The van der Waals surface area contributed by atoms with E-state index < -0.39 is 5.41 Å². The number of hydrogen-bond donors (Lipinski definition) is 1. The monoisotopic (exact) mass is 335 g/mol. The molecule has 0 aliphatic heterocycles. The first kappa shape index (κ1) is 15.0. The van der Waals surface area contributed by atoms with Crippen LogP contribution in [0.2, 0.25) is 0 Å². The lowest BCUT2D eigenvalue weighted by molar-refractivity contribution is -0.123. The van der Waals surface area contributed by atoms with E-state index in [1.807, 2.05) is 13.0 Å². The van der Waals surface area contributed by atoms with Gasteiger partial charge in [-0.05, 0) is 47.8 Å². The highest BCUT2D eigenvalue weighted by molar-refractivity contribution is 9.10. The molecule has 0 atom stereocenters. The highest BCUT2D eigenvalue weighted by Gasteiger charge is 2.39. The highest BCUT2D eigenvalue weighted by atomic mass is 79.9. The number of anilines is 1. The van der Waals surface area contributed by atoms with E-state index in [0.717, 1.165) is 35.8 Å². The summed E-state index contributed by atoms with van der Waals surface area (Å²) in [7, 11) is 0. The molecule has 0 radical (unpaired) electrons. The van der Waals surface area contributed by atoms with E-state index in [1.54, 1.807) is 6.07 Å². The Bertz CT molecular complexity index is 543. The fraction of sp³-hybridized carbons (Fsp3) is 0.533. The Morgan fingerprint density at radius 3 is 2.55 bits per heavy atom. The van der Waals surface area contributed by atoms with Gasteiger partial charge in [-0.3, -0.25) is 4.79 Å². The van der Waals surface area contributed by atoms with Crippen molar-refractivity contribution in [2.45, 2.75) is 45.4 Å². The number of pyridine rings is 1. The molecule has 0 unspecified atom stereocenters. The molecule has 1 N–H and O–H groups in total. The van der Waals surface area contributed by atoms with Crippen LogP contribution >= 0.6 is 15.9 Å². The molecule has 5 heteroatoms. The normalized spacial score (nSPS) is 17.9. The van der Waals surface area contributed by atoms with Crippen molar-refractivity contribution in [2.24, 2.45) is 5.41 Å². The van der Waals surface area contributed by atoms with E-state index in [9.17, 15) is 10.1 Å². The molecule has 0 bridgehead atoms. The Labute approximate surface area is 127 Å². The van der Waals surface area contributed by atoms with Crippen molar-refractivity contribution in [1.82, 2.24) is 4.98 Å². The molecule has 1 aliphatic rings. The Morgan fingerprint density at radius 2 is 2.00 bits per heavy atom. The zero-order chi connectivity index (χ0) is 14.6. The van der Waals surface area contributed by atoms with Crippen LogP contribution in [0.5, 0.6) is 0 Å². The van der Waals surface area contributed by atoms with Gasteiger partial charge in [-0.15, -0.1) is 0 Å². The summed E-state index contributed by atoms with van der Waals surface area (Å²) in [5.41, 5.74) is -0.0752. The summed E-state index contributed by atoms with van der Waals surface area (Å²) in [6.45, 7) is 1.87. The molecule has 1 heterocycles. The molecule has 2 rings (SSSR count). The lowest BCUT2D eigenvalue weighted by atomic mass is 9.81. The number of aromatic nitrogens is 1. The molecular weight excluding hydrogens is 318 g/mol. The van der Waals surface area contributed by atoms with Gasteiger partial charge in [0.1, 0.15) is 11.2 Å². The standard InChI is InChI=1S/C15H18BrN3O/c1-11-12(16)6-7-13(18-11)19-14(20)15(10-17)8-4-2-3-5-9-15/h6-7H,2-5,8-9H2,1H3,(H,18,19,20). The predicted molar refractivity (Wildman–Crippen MR) is 81.1 cm³/mol. The summed E-state index contributed by atoms with van der Waals surface area (Å²) in [6.07, 6.45) is 5.37. The Hall–Kier alpha value is -1.41. The largest absolute Gasteiger partial charge is 0.309 e. The van der Waals surface area contributed by atoms with Crippen molar-refractivity contribution in [3.8, 4) is 6.07 Å². The molecule has 1 aliphatic carbocycles. The second-order valence-corrected chi connectivity index (χ2v) is 6.18. The van der Waals surface area contributed by atoms with E-state index >= 15 is 0 Å². The Morgan fingerprint density at radius 1 is 1.35 bits per heavy atom. The van der Waals surface area contributed by atoms with Crippen LogP contribution in [-0.2, 0) is 4.79 Å². The quantitative estimate of drug-likeness (QED) is 0.832. The number of nitriles is 1. The Kier molecular flexibility index (Phi) is 4.77. The second-order valence-electron chi connectivity index (χ2n) is 5.33. The van der Waals surface area contributed by atoms with Gasteiger partial charge in [0.15, 0.2) is 0 Å². The van der Waals surface area contributed by atoms with Crippen LogP contribution in [0.4, 0.5) is 5.82 Å². The topological polar surface area (TPSA) is 65.8 Å².